The Bertz CT molecular complexity index is 573. The van der Waals surface area contributed by atoms with E-state index in [1.807, 2.05) is 11.6 Å². The Balaban J connectivity index is 1.66. The normalized spacial score (nSPS) is 28.4. The molecule has 3 rings (SSSR count). The molecule has 1 aromatic heterocycles. The highest BCUT2D eigenvalue weighted by Crippen LogP contribution is 2.40. The maximum Gasteiger partial charge on any atom is 0.213 e. The van der Waals surface area contributed by atoms with Crippen LogP contribution in [0.2, 0.25) is 0 Å². The van der Waals surface area contributed by atoms with Gasteiger partial charge in [0.15, 0.2) is 0 Å². The molecule has 2 fully saturated rings. The Morgan fingerprint density at radius 3 is 2.90 bits per heavy atom. The first-order valence-electron chi connectivity index (χ1n) is 7.62. The highest BCUT2D eigenvalue weighted by Gasteiger charge is 2.44. The zero-order valence-corrected chi connectivity index (χ0v) is 14.1. The summed E-state index contributed by atoms with van der Waals surface area (Å²) in [4.78, 5) is 6.81. The first kappa shape index (κ1) is 15.4. The number of aromatic nitrogens is 1. The van der Waals surface area contributed by atoms with Gasteiger partial charge in [-0.05, 0) is 38.1 Å². The molecular weight excluding hydrogens is 306 g/mol. The van der Waals surface area contributed by atoms with E-state index < -0.39 is 10.0 Å². The predicted octanol–water partition coefficient (Wildman–Crippen LogP) is 1.78. The SMILES string of the molecule is CCS(=O)(=O)N1CC[C@]2(CCCN(Cc3nccs3)C2)C1. The van der Waals surface area contributed by atoms with Gasteiger partial charge in [0, 0.05) is 31.2 Å². The Morgan fingerprint density at radius 1 is 1.33 bits per heavy atom. The number of piperidine rings is 1. The number of thiazole rings is 1. The van der Waals surface area contributed by atoms with Crippen molar-refractivity contribution < 1.29 is 8.42 Å². The van der Waals surface area contributed by atoms with Gasteiger partial charge in [-0.25, -0.2) is 17.7 Å². The topological polar surface area (TPSA) is 53.5 Å². The first-order valence-corrected chi connectivity index (χ1v) is 10.1. The van der Waals surface area contributed by atoms with Gasteiger partial charge in [0.25, 0.3) is 0 Å². The predicted molar refractivity (Wildman–Crippen MR) is 84.7 cm³/mol. The Labute approximate surface area is 131 Å². The molecule has 5 nitrogen and oxygen atoms in total. The summed E-state index contributed by atoms with van der Waals surface area (Å²) < 4.78 is 25.8. The molecule has 0 aromatic carbocycles. The fourth-order valence-corrected chi connectivity index (χ4v) is 5.48. The number of sulfonamides is 1. The van der Waals surface area contributed by atoms with Gasteiger partial charge in [0.05, 0.1) is 12.3 Å². The average molecular weight is 329 g/mol. The lowest BCUT2D eigenvalue weighted by molar-refractivity contribution is 0.0934. The standard InChI is InChI=1S/C14H23N3O2S2/c1-2-21(18,19)17-8-5-14(12-17)4-3-7-16(11-14)10-13-15-6-9-20-13/h6,9H,2-5,7-8,10-12H2,1H3/t14-/m0/s1. The lowest BCUT2D eigenvalue weighted by atomic mass is 9.79. The van der Waals surface area contributed by atoms with Gasteiger partial charge in [-0.3, -0.25) is 4.90 Å². The third-order valence-electron chi connectivity index (χ3n) is 4.74. The van der Waals surface area contributed by atoms with Gasteiger partial charge in [-0.1, -0.05) is 0 Å². The molecule has 0 unspecified atom stereocenters. The second kappa shape index (κ2) is 5.95. The molecule has 0 aliphatic carbocycles. The summed E-state index contributed by atoms with van der Waals surface area (Å²) in [5.74, 6) is 0.214. The van der Waals surface area contributed by atoms with Crippen molar-refractivity contribution in [1.29, 1.82) is 0 Å². The molecule has 7 heteroatoms. The van der Waals surface area contributed by atoms with Crippen molar-refractivity contribution in [2.24, 2.45) is 5.41 Å². The van der Waals surface area contributed by atoms with E-state index in [1.165, 1.54) is 0 Å². The van der Waals surface area contributed by atoms with Crippen LogP contribution in [0.5, 0.6) is 0 Å². The van der Waals surface area contributed by atoms with E-state index in [2.05, 4.69) is 9.88 Å². The van der Waals surface area contributed by atoms with Crippen LogP contribution >= 0.6 is 11.3 Å². The summed E-state index contributed by atoms with van der Waals surface area (Å²) in [6.07, 6.45) is 5.16. The molecule has 0 radical (unpaired) electrons. The maximum absolute atomic E-state index is 12.1. The molecule has 1 spiro atoms. The molecule has 0 bridgehead atoms. The number of likely N-dealkylation sites (tertiary alicyclic amines) is 1. The van der Waals surface area contributed by atoms with E-state index in [9.17, 15) is 8.42 Å². The molecule has 0 saturated carbocycles. The molecule has 0 N–H and O–H groups in total. The van der Waals surface area contributed by atoms with Crippen LogP contribution in [0, 0.1) is 5.41 Å². The van der Waals surface area contributed by atoms with E-state index in [1.54, 1.807) is 22.6 Å². The minimum Gasteiger partial charge on any atom is -0.296 e. The van der Waals surface area contributed by atoms with Crippen LogP contribution in [0.15, 0.2) is 11.6 Å². The van der Waals surface area contributed by atoms with Gasteiger partial charge in [0.1, 0.15) is 5.01 Å². The number of hydrogen-bond donors (Lipinski definition) is 0. The van der Waals surface area contributed by atoms with Gasteiger partial charge >= 0.3 is 0 Å². The maximum atomic E-state index is 12.1. The van der Waals surface area contributed by atoms with Crippen LogP contribution in [-0.2, 0) is 16.6 Å². The molecule has 2 aliphatic rings. The van der Waals surface area contributed by atoms with E-state index in [0.29, 0.717) is 13.1 Å². The molecule has 21 heavy (non-hydrogen) atoms. The molecule has 118 valence electrons. The van der Waals surface area contributed by atoms with E-state index in [4.69, 9.17) is 0 Å². The Morgan fingerprint density at radius 2 is 2.19 bits per heavy atom. The van der Waals surface area contributed by atoms with Crippen molar-refractivity contribution in [3.8, 4) is 0 Å². The molecule has 1 atom stereocenters. The molecule has 0 amide bonds. The lowest BCUT2D eigenvalue weighted by Crippen LogP contribution is -2.45. The summed E-state index contributed by atoms with van der Waals surface area (Å²) >= 11 is 1.70. The lowest BCUT2D eigenvalue weighted by Gasteiger charge is -2.40. The minimum atomic E-state index is -3.04. The fraction of sp³-hybridized carbons (Fsp3) is 0.786. The molecule has 2 saturated heterocycles. The molecular formula is C14H23N3O2S2. The Kier molecular flexibility index (Phi) is 4.36. The quantitative estimate of drug-likeness (QED) is 0.845. The Hall–Kier alpha value is -0.500. The van der Waals surface area contributed by atoms with Crippen molar-refractivity contribution >= 4 is 21.4 Å². The zero-order valence-electron chi connectivity index (χ0n) is 12.5. The monoisotopic (exact) mass is 329 g/mol. The van der Waals surface area contributed by atoms with Gasteiger partial charge in [-0.2, -0.15) is 0 Å². The first-order chi connectivity index (χ1) is 10.0. The number of hydrogen-bond acceptors (Lipinski definition) is 5. The smallest absolute Gasteiger partial charge is 0.213 e. The van der Waals surface area contributed by atoms with E-state index >= 15 is 0 Å². The van der Waals surface area contributed by atoms with Gasteiger partial charge in [0.2, 0.25) is 10.0 Å². The van der Waals surface area contributed by atoms with Crippen molar-refractivity contribution in [3.05, 3.63) is 16.6 Å². The summed E-state index contributed by atoms with van der Waals surface area (Å²) in [6, 6.07) is 0. The van der Waals surface area contributed by atoms with Crippen molar-refractivity contribution in [2.75, 3.05) is 31.9 Å². The van der Waals surface area contributed by atoms with Crippen LogP contribution in [-0.4, -0.2) is 54.5 Å². The minimum absolute atomic E-state index is 0.164. The van der Waals surface area contributed by atoms with E-state index in [0.717, 1.165) is 43.9 Å². The fourth-order valence-electron chi connectivity index (χ4n) is 3.61. The molecule has 2 aliphatic heterocycles. The zero-order chi connectivity index (χ0) is 14.9. The van der Waals surface area contributed by atoms with Crippen molar-refractivity contribution in [2.45, 2.75) is 32.7 Å². The summed E-state index contributed by atoms with van der Waals surface area (Å²) in [7, 11) is -3.04. The van der Waals surface area contributed by atoms with Gasteiger partial charge < -0.3 is 0 Å². The summed E-state index contributed by atoms with van der Waals surface area (Å²) in [6.45, 7) is 6.14. The number of nitrogens with zero attached hydrogens (tertiary/aromatic N) is 3. The third kappa shape index (κ3) is 3.31. The second-order valence-corrected chi connectivity index (χ2v) is 9.46. The van der Waals surface area contributed by atoms with E-state index in [-0.39, 0.29) is 11.2 Å². The molecule has 1 aromatic rings. The van der Waals surface area contributed by atoms with Crippen LogP contribution in [0.1, 0.15) is 31.2 Å². The number of rotatable bonds is 4. The highest BCUT2D eigenvalue weighted by atomic mass is 32.2. The summed E-state index contributed by atoms with van der Waals surface area (Å²) in [5.41, 5.74) is 0.164. The van der Waals surface area contributed by atoms with Crippen molar-refractivity contribution in [3.63, 3.8) is 0 Å². The van der Waals surface area contributed by atoms with Crippen LogP contribution in [0.3, 0.4) is 0 Å². The second-order valence-electron chi connectivity index (χ2n) is 6.22. The highest BCUT2D eigenvalue weighted by molar-refractivity contribution is 7.89. The van der Waals surface area contributed by atoms with Crippen LogP contribution in [0.25, 0.3) is 0 Å². The van der Waals surface area contributed by atoms with Crippen molar-refractivity contribution in [1.82, 2.24) is 14.2 Å². The third-order valence-corrected chi connectivity index (χ3v) is 7.34. The largest absolute Gasteiger partial charge is 0.296 e. The van der Waals surface area contributed by atoms with Crippen LogP contribution in [0.4, 0.5) is 0 Å². The summed E-state index contributed by atoms with van der Waals surface area (Å²) in [5, 5.41) is 3.17. The average Bonchev–Trinajstić information content (AvgIpc) is 3.10. The molecule has 3 heterocycles. The van der Waals surface area contributed by atoms with Crippen LogP contribution < -0.4 is 0 Å². The van der Waals surface area contributed by atoms with Gasteiger partial charge in [-0.15, -0.1) is 11.3 Å².